The number of benzene rings is 3. The molecule has 3 aromatic carbocycles. The molecule has 0 radical (unpaired) electrons. The summed E-state index contributed by atoms with van der Waals surface area (Å²) in [6, 6.07) is 13.2. The predicted molar refractivity (Wildman–Crippen MR) is 258 cm³/mol. The third kappa shape index (κ3) is 20.9. The minimum Gasteiger partial charge on any atom is -0.508 e. The number of nitrogens with one attached hydrogen (secondary N) is 8. The number of hydrazine groups is 1. The average Bonchev–Trinajstić information content (AvgIpc) is 3.32. The number of hydrogen-bond donors (Lipinski definition) is 10. The molecule has 18 nitrogen and oxygen atoms in total. The van der Waals surface area contributed by atoms with E-state index in [-0.39, 0.29) is 55.9 Å². The van der Waals surface area contributed by atoms with Gasteiger partial charge in [-0.25, -0.2) is 9.82 Å². The van der Waals surface area contributed by atoms with Crippen LogP contribution in [0.4, 0.5) is 4.39 Å². The molecule has 0 saturated heterocycles. The van der Waals surface area contributed by atoms with Crippen molar-refractivity contribution in [3.8, 4) is 5.75 Å². The Morgan fingerprint density at radius 3 is 1.62 bits per heavy atom. The quantitative estimate of drug-likeness (QED) is 0.0248. The van der Waals surface area contributed by atoms with Crippen LogP contribution in [0.3, 0.4) is 0 Å². The SMILES string of the molecule is CCCC[C@H](NNC=O)C(=O)N[C@@H](CC(C)C)C(=O)N[C@@H](Cc1ccccc1)C(=O)N[C@@H](CCCC)C(=O)N[C@@H](Cc1ccc(O)cc1)C(=O)N[C@H](CCCCNC(=O)c1ccc([18F])cc1)C(N)=O. The van der Waals surface area contributed by atoms with Crippen LogP contribution >= 0.6 is 0 Å². The first kappa shape index (κ1) is 56.4. The molecule has 0 aliphatic carbocycles. The van der Waals surface area contributed by atoms with Crippen molar-refractivity contribution in [3.63, 3.8) is 0 Å². The van der Waals surface area contributed by atoms with Gasteiger partial charge in [0.05, 0.1) is 0 Å². The average molecular weight is 959 g/mol. The maximum atomic E-state index is 14.4. The molecule has 0 heterocycles. The number of aromatic hydroxyl groups is 1. The minimum absolute atomic E-state index is 0.0216. The lowest BCUT2D eigenvalue weighted by molar-refractivity contribution is -0.135. The van der Waals surface area contributed by atoms with E-state index in [9.17, 15) is 47.9 Å². The summed E-state index contributed by atoms with van der Waals surface area (Å²) in [5, 5.41) is 26.5. The maximum absolute atomic E-state index is 14.4. The van der Waals surface area contributed by atoms with E-state index in [0.717, 1.165) is 6.42 Å². The highest BCUT2D eigenvalue weighted by Gasteiger charge is 2.33. The van der Waals surface area contributed by atoms with Crippen LogP contribution < -0.4 is 48.5 Å². The van der Waals surface area contributed by atoms with Crippen molar-refractivity contribution in [1.29, 1.82) is 0 Å². The minimum atomic E-state index is -1.29. The molecule has 0 aliphatic heterocycles. The van der Waals surface area contributed by atoms with E-state index in [1.807, 2.05) is 27.7 Å². The van der Waals surface area contributed by atoms with Gasteiger partial charge in [-0.3, -0.25) is 43.8 Å². The zero-order valence-electron chi connectivity index (χ0n) is 40.0. The summed E-state index contributed by atoms with van der Waals surface area (Å²) >= 11 is 0. The summed E-state index contributed by atoms with van der Waals surface area (Å²) in [6.07, 6.45) is 4.57. The Bertz CT molecular complexity index is 2110. The number of phenolic OH excluding ortho intramolecular Hbond substituents is 1. The highest BCUT2D eigenvalue weighted by molar-refractivity contribution is 5.97. The highest BCUT2D eigenvalue weighted by atomic mass is 18.2. The Morgan fingerprint density at radius 1 is 0.594 bits per heavy atom. The summed E-state index contributed by atoms with van der Waals surface area (Å²) < 4.78 is 13.3. The van der Waals surface area contributed by atoms with Gasteiger partial charge in [-0.05, 0) is 92.0 Å². The molecule has 0 unspecified atom stereocenters. The molecule has 0 fully saturated rings. The first-order chi connectivity index (χ1) is 33.0. The molecule has 0 bridgehead atoms. The first-order valence-electron chi connectivity index (χ1n) is 23.7. The van der Waals surface area contributed by atoms with E-state index in [1.54, 1.807) is 42.5 Å². The van der Waals surface area contributed by atoms with E-state index in [0.29, 0.717) is 56.1 Å². The van der Waals surface area contributed by atoms with Crippen molar-refractivity contribution in [2.45, 2.75) is 141 Å². The molecule has 376 valence electrons. The van der Waals surface area contributed by atoms with Gasteiger partial charge in [0.2, 0.25) is 41.9 Å². The highest BCUT2D eigenvalue weighted by Crippen LogP contribution is 2.15. The fraction of sp³-hybridized carbons (Fsp3) is 0.480. The van der Waals surface area contributed by atoms with Gasteiger partial charge in [-0.1, -0.05) is 95.8 Å². The van der Waals surface area contributed by atoms with Gasteiger partial charge in [-0.15, -0.1) is 0 Å². The van der Waals surface area contributed by atoms with Gasteiger partial charge in [0.15, 0.2) is 0 Å². The standard InChI is InChI=1S/C50H70FN9O9/c1-5-7-16-39(56-50(69)42(29-33-14-10-9-11-15-33)59-48(67)41(28-32(3)4)57-47(66)40(17-8-6-2)60-54-31-61)46(65)58-43(30-34-19-25-37(62)26-20-34)49(68)55-38(44(52)63)18-12-13-27-53-45(64)35-21-23-36(51)24-22-35/h9-11,14-15,19-26,31-32,38-43,60,62H,5-8,12-13,16-18,27-30H2,1-4H3,(H2,52,63)(H,53,64)(H,54,61)(H,55,68)(H,56,69)(H,57,66)(H,58,65)(H,59,67)/t38-,39+,40+,41+,42+,43+/m1/s1/i51-1. The third-order valence-electron chi connectivity index (χ3n) is 11.2. The second-order valence-electron chi connectivity index (χ2n) is 17.4. The van der Waals surface area contributed by atoms with Gasteiger partial charge < -0.3 is 42.7 Å². The lowest BCUT2D eigenvalue weighted by atomic mass is 9.99. The Hall–Kier alpha value is -6.89. The number of carbonyl (C=O) groups is 8. The largest absolute Gasteiger partial charge is 0.508 e. The summed E-state index contributed by atoms with van der Waals surface area (Å²) in [5.74, 6) is -5.09. The van der Waals surface area contributed by atoms with E-state index >= 15 is 0 Å². The number of carbonyl (C=O) groups excluding carboxylic acids is 8. The van der Waals surface area contributed by atoms with Gasteiger partial charge in [0.1, 0.15) is 47.8 Å². The summed E-state index contributed by atoms with van der Waals surface area (Å²) in [7, 11) is 0. The van der Waals surface area contributed by atoms with E-state index in [2.05, 4.69) is 42.8 Å². The summed E-state index contributed by atoms with van der Waals surface area (Å²) in [4.78, 5) is 106. The van der Waals surface area contributed by atoms with E-state index in [4.69, 9.17) is 5.73 Å². The van der Waals surface area contributed by atoms with Gasteiger partial charge in [0, 0.05) is 24.9 Å². The molecule has 8 amide bonds. The fourth-order valence-corrected chi connectivity index (χ4v) is 7.35. The fourth-order valence-electron chi connectivity index (χ4n) is 7.35. The van der Waals surface area contributed by atoms with Crippen LogP contribution in [0.1, 0.15) is 113 Å². The van der Waals surface area contributed by atoms with Crippen LogP contribution in [0, 0.1) is 11.7 Å². The number of unbranched alkanes of at least 4 members (excludes halogenated alkanes) is 3. The molecule has 0 spiro atoms. The number of hydrogen-bond acceptors (Lipinski definition) is 10. The molecule has 19 heteroatoms. The number of amides is 8. The van der Waals surface area contributed by atoms with Gasteiger partial charge >= 0.3 is 0 Å². The van der Waals surface area contributed by atoms with Gasteiger partial charge in [0.25, 0.3) is 5.91 Å². The van der Waals surface area contributed by atoms with Crippen LogP contribution in [0.5, 0.6) is 5.75 Å². The number of primary amides is 1. The van der Waals surface area contributed by atoms with Crippen LogP contribution in [-0.2, 0) is 46.4 Å². The first-order valence-corrected chi connectivity index (χ1v) is 23.7. The molecule has 69 heavy (non-hydrogen) atoms. The Kier molecular flexibility index (Phi) is 24.9. The molecule has 0 aliphatic rings. The van der Waals surface area contributed by atoms with Crippen molar-refractivity contribution < 1.29 is 47.9 Å². The molecule has 0 saturated carbocycles. The maximum Gasteiger partial charge on any atom is 0.251 e. The smallest absolute Gasteiger partial charge is 0.251 e. The van der Waals surface area contributed by atoms with Crippen molar-refractivity contribution in [2.75, 3.05) is 6.54 Å². The second kappa shape index (κ2) is 30.5. The third-order valence-corrected chi connectivity index (χ3v) is 11.2. The topological polar surface area (TPSA) is 279 Å². The lowest BCUT2D eigenvalue weighted by Gasteiger charge is -2.28. The van der Waals surface area contributed by atoms with Crippen LogP contribution in [0.2, 0.25) is 0 Å². The predicted octanol–water partition coefficient (Wildman–Crippen LogP) is 2.87. The monoisotopic (exact) mass is 959 g/mol. The zero-order chi connectivity index (χ0) is 50.7. The normalized spacial score (nSPS) is 13.6. The Balaban J connectivity index is 1.83. The lowest BCUT2D eigenvalue weighted by Crippen LogP contribution is -2.60. The van der Waals surface area contributed by atoms with Crippen molar-refractivity contribution in [2.24, 2.45) is 11.7 Å². The molecular formula is C50H70FN9O9. The number of halogens is 1. The summed E-state index contributed by atoms with van der Waals surface area (Å²) in [6.45, 7) is 7.84. The van der Waals surface area contributed by atoms with E-state index < -0.39 is 83.4 Å². The van der Waals surface area contributed by atoms with E-state index in [1.165, 1.54) is 36.4 Å². The molecule has 6 atom stereocenters. The van der Waals surface area contributed by atoms with Gasteiger partial charge in [-0.2, -0.15) is 0 Å². The molecule has 11 N–H and O–H groups in total. The van der Waals surface area contributed by atoms with Crippen molar-refractivity contribution in [1.82, 2.24) is 42.8 Å². The van der Waals surface area contributed by atoms with Crippen LogP contribution in [0.15, 0.2) is 78.9 Å². The number of rotatable bonds is 32. The molecule has 3 rings (SSSR count). The van der Waals surface area contributed by atoms with Crippen molar-refractivity contribution >= 4 is 47.8 Å². The van der Waals surface area contributed by atoms with Crippen LogP contribution in [-0.4, -0.2) is 95.7 Å². The second-order valence-corrected chi connectivity index (χ2v) is 17.4. The summed E-state index contributed by atoms with van der Waals surface area (Å²) in [5.41, 5.74) is 12.2. The van der Waals surface area contributed by atoms with Crippen LogP contribution in [0.25, 0.3) is 0 Å². The Labute approximate surface area is 403 Å². The molecule has 0 aromatic heterocycles. The zero-order valence-corrected chi connectivity index (χ0v) is 40.0. The Morgan fingerprint density at radius 2 is 1.07 bits per heavy atom. The number of nitrogens with two attached hydrogens (primary N) is 1. The molecular weight excluding hydrogens is 889 g/mol. The van der Waals surface area contributed by atoms with Crippen molar-refractivity contribution in [3.05, 3.63) is 101 Å². The number of phenols is 1. The molecule has 3 aromatic rings.